The van der Waals surface area contributed by atoms with Gasteiger partial charge in [-0.25, -0.2) is 0 Å². The largest absolute Gasteiger partial charge is 1.00 e. The first-order valence-electron chi connectivity index (χ1n) is 5.19. The van der Waals surface area contributed by atoms with Crippen molar-refractivity contribution < 1.29 is 49.6 Å². The van der Waals surface area contributed by atoms with Crippen molar-refractivity contribution in [3.63, 3.8) is 0 Å². The molecule has 2 nitrogen and oxygen atoms in total. The zero-order valence-electron chi connectivity index (χ0n) is 11.0. The van der Waals surface area contributed by atoms with E-state index in [-0.39, 0.29) is 63.3 Å². The molecule has 16 heavy (non-hydrogen) atoms. The Morgan fingerprint density at radius 1 is 1.38 bits per heavy atom. The molecular formula is C12H21ClHgO2. The van der Waals surface area contributed by atoms with Crippen LogP contribution in [0.15, 0.2) is 0 Å². The molecule has 1 fully saturated rings. The molecule has 0 aromatic heterocycles. The molecule has 0 saturated carbocycles. The van der Waals surface area contributed by atoms with Gasteiger partial charge in [0.2, 0.25) is 0 Å². The summed E-state index contributed by atoms with van der Waals surface area (Å²) < 4.78 is 5.32. The van der Waals surface area contributed by atoms with Crippen LogP contribution in [-0.2, 0) is 37.2 Å². The monoisotopic (exact) mass is 434 g/mol. The maximum atomic E-state index is 11.6. The summed E-state index contributed by atoms with van der Waals surface area (Å²) in [5, 5.41) is 0. The van der Waals surface area contributed by atoms with Crippen LogP contribution in [0.5, 0.6) is 0 Å². The van der Waals surface area contributed by atoms with E-state index in [4.69, 9.17) is 4.74 Å². The van der Waals surface area contributed by atoms with Crippen LogP contribution in [0.25, 0.3) is 0 Å². The van der Waals surface area contributed by atoms with E-state index in [0.29, 0.717) is 0 Å². The molecule has 4 heteroatoms. The molecule has 0 unspecified atom stereocenters. The Balaban J connectivity index is 0. The van der Waals surface area contributed by atoms with Crippen LogP contribution >= 0.6 is 0 Å². The summed E-state index contributed by atoms with van der Waals surface area (Å²) in [6.45, 7) is 14.3. The van der Waals surface area contributed by atoms with Gasteiger partial charge in [-0.2, -0.15) is 0 Å². The van der Waals surface area contributed by atoms with Gasteiger partial charge in [0, 0.05) is 5.92 Å². The summed E-state index contributed by atoms with van der Waals surface area (Å²) in [6.07, 6.45) is 0.851. The van der Waals surface area contributed by atoms with E-state index in [2.05, 4.69) is 27.7 Å². The quantitative estimate of drug-likeness (QED) is 0.424. The van der Waals surface area contributed by atoms with E-state index < -0.39 is 5.60 Å². The predicted octanol–water partition coefficient (Wildman–Crippen LogP) is -0.174. The zero-order chi connectivity index (χ0) is 11.1. The van der Waals surface area contributed by atoms with Crippen molar-refractivity contribution >= 4 is 5.97 Å². The fraction of sp³-hybridized carbons (Fsp3) is 0.833. The van der Waals surface area contributed by atoms with Crippen LogP contribution in [0.4, 0.5) is 0 Å². The first-order chi connectivity index (χ1) is 6.13. The van der Waals surface area contributed by atoms with Crippen molar-refractivity contribution in [2.45, 2.75) is 46.6 Å². The normalized spacial score (nSPS) is 27.8. The summed E-state index contributed by atoms with van der Waals surface area (Å²) in [5.74, 6) is -0.0517. The van der Waals surface area contributed by atoms with Gasteiger partial charge in [-0.1, -0.05) is 20.8 Å². The third kappa shape index (κ3) is 4.52. The Hall–Kier alpha value is 0.695. The number of esters is 1. The number of rotatable bonds is 1. The minimum atomic E-state index is -0.396. The Morgan fingerprint density at radius 3 is 2.06 bits per heavy atom. The molecule has 2 atom stereocenters. The van der Waals surface area contributed by atoms with Crippen LogP contribution < -0.4 is 12.4 Å². The molecule has 0 amide bonds. The number of cyclic esters (lactones) is 1. The van der Waals surface area contributed by atoms with Gasteiger partial charge in [-0.3, -0.25) is 4.79 Å². The zero-order valence-corrected chi connectivity index (χ0v) is 17.2. The van der Waals surface area contributed by atoms with Crippen molar-refractivity contribution in [1.82, 2.24) is 0 Å². The Bertz CT molecular complexity index is 246. The molecule has 0 spiro atoms. The van der Waals surface area contributed by atoms with Gasteiger partial charge in [0.05, 0.1) is 5.92 Å². The van der Waals surface area contributed by atoms with Crippen LogP contribution in [0, 0.1) is 24.2 Å². The van der Waals surface area contributed by atoms with Crippen LogP contribution in [0.1, 0.15) is 41.0 Å². The van der Waals surface area contributed by atoms with E-state index in [0.717, 1.165) is 6.42 Å². The number of hydrogen-bond donors (Lipinski definition) is 0. The SMILES string of the molecule is [CH2][C@H]1[C@H](CC(C)(C)C)C(=O)OC1(C)C.[Cl-].[Hg+]. The number of hydrogen-bond acceptors (Lipinski definition) is 2. The van der Waals surface area contributed by atoms with Crippen molar-refractivity contribution in [2.75, 3.05) is 0 Å². The van der Waals surface area contributed by atoms with E-state index in [1.807, 2.05) is 13.8 Å². The second-order valence-corrected chi connectivity index (χ2v) is 6.00. The minimum Gasteiger partial charge on any atom is -1.00 e. The average Bonchev–Trinajstić information content (AvgIpc) is 2.10. The molecule has 0 aromatic rings. The summed E-state index contributed by atoms with van der Waals surface area (Å²) >= 11 is 0. The first kappa shape index (κ1) is 19.0. The van der Waals surface area contributed by atoms with E-state index in [1.165, 1.54) is 0 Å². The van der Waals surface area contributed by atoms with Gasteiger partial charge in [0.1, 0.15) is 5.60 Å². The second kappa shape index (κ2) is 6.04. The molecule has 1 heterocycles. The molecule has 90 valence electrons. The van der Waals surface area contributed by atoms with Gasteiger partial charge in [-0.15, -0.1) is 0 Å². The van der Waals surface area contributed by atoms with Crippen LogP contribution in [0.2, 0.25) is 0 Å². The molecule has 0 aromatic carbocycles. The van der Waals surface area contributed by atoms with Crippen LogP contribution in [0.3, 0.4) is 0 Å². The van der Waals surface area contributed by atoms with Gasteiger partial charge in [-0.05, 0) is 32.6 Å². The molecule has 0 N–H and O–H groups in total. The summed E-state index contributed by atoms with van der Waals surface area (Å²) in [5.41, 5.74) is -0.243. The third-order valence-electron chi connectivity index (χ3n) is 2.88. The van der Waals surface area contributed by atoms with Gasteiger partial charge in [0.15, 0.2) is 0 Å². The smallest absolute Gasteiger partial charge is 1.00 e. The summed E-state index contributed by atoms with van der Waals surface area (Å²) in [6, 6.07) is 0. The number of halogens is 1. The summed E-state index contributed by atoms with van der Waals surface area (Å²) in [7, 11) is 0. The maximum Gasteiger partial charge on any atom is 1.00 e. The molecule has 0 bridgehead atoms. The standard InChI is InChI=1S/C12H21O2.ClH.Hg/c1-8-9(7-11(2,3)4)10(13)14-12(8,5)6;;/h8-9H,1,7H2,2-6H3;1H;/q;;+1/p-1/t8-,9-;;/m0../s1. The fourth-order valence-electron chi connectivity index (χ4n) is 1.94. The van der Waals surface area contributed by atoms with Gasteiger partial charge < -0.3 is 17.1 Å². The Morgan fingerprint density at radius 2 is 1.81 bits per heavy atom. The molecule has 1 aliphatic heterocycles. The van der Waals surface area contributed by atoms with Crippen molar-refractivity contribution in [3.05, 3.63) is 6.92 Å². The minimum absolute atomic E-state index is 0. The second-order valence-electron chi connectivity index (χ2n) is 6.00. The Labute approximate surface area is 126 Å². The predicted molar refractivity (Wildman–Crippen MR) is 56.6 cm³/mol. The molecular weight excluding hydrogens is 412 g/mol. The van der Waals surface area contributed by atoms with Crippen LogP contribution in [-0.4, -0.2) is 11.6 Å². The van der Waals surface area contributed by atoms with E-state index in [9.17, 15) is 4.79 Å². The number of carbonyl (C=O) groups excluding carboxylic acids is 1. The molecule has 1 saturated heterocycles. The van der Waals surface area contributed by atoms with E-state index >= 15 is 0 Å². The summed E-state index contributed by atoms with van der Waals surface area (Å²) in [4.78, 5) is 11.6. The van der Waals surface area contributed by atoms with Gasteiger partial charge in [0.25, 0.3) is 0 Å². The van der Waals surface area contributed by atoms with E-state index in [1.54, 1.807) is 0 Å². The molecule has 1 rings (SSSR count). The topological polar surface area (TPSA) is 26.3 Å². The van der Waals surface area contributed by atoms with Crippen molar-refractivity contribution in [3.8, 4) is 0 Å². The van der Waals surface area contributed by atoms with Crippen molar-refractivity contribution in [2.24, 2.45) is 17.3 Å². The van der Waals surface area contributed by atoms with Gasteiger partial charge >= 0.3 is 33.6 Å². The average molecular weight is 433 g/mol. The van der Waals surface area contributed by atoms with Crippen molar-refractivity contribution in [1.29, 1.82) is 0 Å². The molecule has 1 aliphatic rings. The number of carbonyl (C=O) groups is 1. The molecule has 2 radical (unpaired) electrons. The fourth-order valence-corrected chi connectivity index (χ4v) is 1.94. The Kier molecular flexibility index (Phi) is 7.19. The first-order valence-corrected chi connectivity index (χ1v) is 5.19. The third-order valence-corrected chi connectivity index (χ3v) is 2.88. The molecule has 0 aliphatic carbocycles. The maximum absolute atomic E-state index is 11.6. The number of ether oxygens (including phenoxy) is 1.